The summed E-state index contributed by atoms with van der Waals surface area (Å²) >= 11 is 0. The van der Waals surface area contributed by atoms with E-state index in [9.17, 15) is 31.1 Å². The number of aromatic nitrogens is 2. The summed E-state index contributed by atoms with van der Waals surface area (Å²) in [6, 6.07) is 12.1. The topological polar surface area (TPSA) is 124 Å². The van der Waals surface area contributed by atoms with Gasteiger partial charge in [0.05, 0.1) is 12.2 Å². The lowest BCUT2D eigenvalue weighted by Gasteiger charge is -2.45. The number of carboxylic acids is 2. The van der Waals surface area contributed by atoms with E-state index in [-0.39, 0.29) is 11.4 Å². The summed E-state index contributed by atoms with van der Waals surface area (Å²) in [5, 5.41) is 14.2. The van der Waals surface area contributed by atoms with Crippen molar-refractivity contribution < 1.29 is 50.9 Å². The van der Waals surface area contributed by atoms with Gasteiger partial charge in [0.25, 0.3) is 0 Å². The van der Waals surface area contributed by atoms with Gasteiger partial charge in [-0.3, -0.25) is 9.78 Å². The Morgan fingerprint density at radius 1 is 0.923 bits per heavy atom. The third-order valence-electron chi connectivity index (χ3n) is 6.10. The minimum atomic E-state index is -5.08. The van der Waals surface area contributed by atoms with Crippen molar-refractivity contribution in [2.75, 3.05) is 18.0 Å². The van der Waals surface area contributed by atoms with Gasteiger partial charge in [-0.2, -0.15) is 26.3 Å². The molecule has 2 fully saturated rings. The van der Waals surface area contributed by atoms with Crippen LogP contribution < -0.4 is 4.90 Å². The van der Waals surface area contributed by atoms with Gasteiger partial charge in [0.1, 0.15) is 5.82 Å². The zero-order valence-electron chi connectivity index (χ0n) is 20.7. The van der Waals surface area contributed by atoms with Gasteiger partial charge in [-0.25, -0.2) is 14.6 Å². The van der Waals surface area contributed by atoms with Gasteiger partial charge in [-0.15, -0.1) is 0 Å². The number of amides is 1. The van der Waals surface area contributed by atoms with Crippen molar-refractivity contribution in [3.63, 3.8) is 0 Å². The molecule has 39 heavy (non-hydrogen) atoms. The van der Waals surface area contributed by atoms with E-state index in [0.29, 0.717) is 13.0 Å². The second-order valence-electron chi connectivity index (χ2n) is 8.76. The number of aliphatic carboxylic acids is 2. The van der Waals surface area contributed by atoms with Crippen LogP contribution in [0.25, 0.3) is 0 Å². The van der Waals surface area contributed by atoms with Crippen LogP contribution in [-0.4, -0.2) is 73.9 Å². The Morgan fingerprint density at radius 3 is 1.95 bits per heavy atom. The lowest BCUT2D eigenvalue weighted by molar-refractivity contribution is -0.193. The first kappa shape index (κ1) is 31.3. The molecule has 0 bridgehead atoms. The molecule has 0 saturated carbocycles. The second kappa shape index (κ2) is 12.8. The van der Waals surface area contributed by atoms with Crippen molar-refractivity contribution in [1.82, 2.24) is 14.9 Å². The summed E-state index contributed by atoms with van der Waals surface area (Å²) in [6.07, 6.45) is -4.69. The standard InChI is InChI=1S/C20H24N4O.2C2HF3O2/c1-16-5-4-6-17(22-16)15-24-19(25)8-9-20(24)10-13-23(14-11-20)18-7-2-3-12-21-18;2*3-2(4,5)1(6)7/h2-7,12H,8-11,13-15H2,1H3;2*(H,6,7). The largest absolute Gasteiger partial charge is 0.490 e. The molecule has 1 spiro atoms. The molecule has 0 radical (unpaired) electrons. The molecule has 2 N–H and O–H groups in total. The van der Waals surface area contributed by atoms with Gasteiger partial charge in [0, 0.05) is 36.9 Å². The van der Waals surface area contributed by atoms with Gasteiger partial charge < -0.3 is 20.0 Å². The maximum atomic E-state index is 12.6. The number of aryl methyl sites for hydroxylation is 1. The van der Waals surface area contributed by atoms with Crippen LogP contribution in [0.15, 0.2) is 42.6 Å². The molecule has 4 heterocycles. The summed E-state index contributed by atoms with van der Waals surface area (Å²) in [5.74, 6) is -4.21. The Morgan fingerprint density at radius 2 is 1.49 bits per heavy atom. The van der Waals surface area contributed by atoms with Crippen LogP contribution in [0.1, 0.15) is 37.1 Å². The number of carbonyl (C=O) groups excluding carboxylic acids is 1. The Kier molecular flexibility index (Phi) is 10.2. The van der Waals surface area contributed by atoms with E-state index in [2.05, 4.69) is 25.8 Å². The summed E-state index contributed by atoms with van der Waals surface area (Å²) < 4.78 is 63.5. The predicted octanol–water partition coefficient (Wildman–Crippen LogP) is 4.21. The van der Waals surface area contributed by atoms with Crippen LogP contribution in [0.5, 0.6) is 0 Å². The van der Waals surface area contributed by atoms with Crippen molar-refractivity contribution in [3.05, 3.63) is 54.0 Å². The molecule has 0 unspecified atom stereocenters. The molecule has 0 aromatic carbocycles. The van der Waals surface area contributed by atoms with Crippen molar-refractivity contribution in [2.24, 2.45) is 0 Å². The molecule has 0 atom stereocenters. The number of hydrogen-bond donors (Lipinski definition) is 2. The smallest absolute Gasteiger partial charge is 0.475 e. The van der Waals surface area contributed by atoms with E-state index in [0.717, 1.165) is 49.6 Å². The number of carboxylic acid groups (broad SMARTS) is 2. The maximum Gasteiger partial charge on any atom is 0.490 e. The van der Waals surface area contributed by atoms with Gasteiger partial charge in [0.2, 0.25) is 5.91 Å². The van der Waals surface area contributed by atoms with Gasteiger partial charge in [-0.1, -0.05) is 12.1 Å². The summed E-state index contributed by atoms with van der Waals surface area (Å²) in [7, 11) is 0. The van der Waals surface area contributed by atoms with Crippen molar-refractivity contribution in [1.29, 1.82) is 0 Å². The molecule has 2 aliphatic heterocycles. The molecule has 9 nitrogen and oxygen atoms in total. The first-order chi connectivity index (χ1) is 18.0. The molecule has 2 saturated heterocycles. The van der Waals surface area contributed by atoms with Gasteiger partial charge in [-0.05, 0) is 50.5 Å². The van der Waals surface area contributed by atoms with E-state index < -0.39 is 24.3 Å². The number of pyridine rings is 2. The second-order valence-corrected chi connectivity index (χ2v) is 8.76. The number of alkyl halides is 6. The Hall–Kier alpha value is -3.91. The Bertz CT molecular complexity index is 1110. The highest BCUT2D eigenvalue weighted by atomic mass is 19.4. The highest BCUT2D eigenvalue weighted by molar-refractivity contribution is 5.79. The van der Waals surface area contributed by atoms with Crippen molar-refractivity contribution >= 4 is 23.7 Å². The Balaban J connectivity index is 0.000000317. The lowest BCUT2D eigenvalue weighted by Crippen LogP contribution is -2.53. The molecule has 4 rings (SSSR count). The molecule has 2 aliphatic rings. The highest BCUT2D eigenvalue weighted by Gasteiger charge is 2.47. The number of hydrogen-bond acceptors (Lipinski definition) is 6. The molecular weight excluding hydrogens is 538 g/mol. The number of carbonyl (C=O) groups is 3. The van der Waals surface area contributed by atoms with E-state index in [1.165, 1.54) is 0 Å². The van der Waals surface area contributed by atoms with Crippen LogP contribution in [0, 0.1) is 6.92 Å². The first-order valence-corrected chi connectivity index (χ1v) is 11.5. The summed E-state index contributed by atoms with van der Waals surface area (Å²) in [5.41, 5.74) is 1.98. The van der Waals surface area contributed by atoms with Gasteiger partial charge >= 0.3 is 24.3 Å². The molecule has 1 amide bonds. The van der Waals surface area contributed by atoms with Crippen LogP contribution in [-0.2, 0) is 20.9 Å². The zero-order valence-corrected chi connectivity index (χ0v) is 20.7. The SMILES string of the molecule is Cc1cccc(CN2C(=O)CCC23CCN(c2ccccn2)CC3)n1.O=C(O)C(F)(F)F.O=C(O)C(F)(F)F. The third kappa shape index (κ3) is 9.11. The number of halogens is 6. The number of rotatable bonds is 3. The summed E-state index contributed by atoms with van der Waals surface area (Å²) in [4.78, 5) is 43.8. The van der Waals surface area contributed by atoms with Crippen LogP contribution in [0.3, 0.4) is 0 Å². The van der Waals surface area contributed by atoms with Crippen LogP contribution in [0.2, 0.25) is 0 Å². The normalized spacial score (nSPS) is 16.6. The minimum Gasteiger partial charge on any atom is -0.475 e. The fourth-order valence-electron chi connectivity index (χ4n) is 4.19. The maximum absolute atomic E-state index is 12.6. The molecule has 2 aromatic heterocycles. The molecular formula is C24H26F6N4O5. The van der Waals surface area contributed by atoms with Crippen LogP contribution in [0.4, 0.5) is 32.2 Å². The average molecular weight is 564 g/mol. The molecule has 0 aliphatic carbocycles. The van der Waals surface area contributed by atoms with E-state index in [1.807, 2.05) is 43.5 Å². The molecule has 15 heteroatoms. The predicted molar refractivity (Wildman–Crippen MR) is 125 cm³/mol. The zero-order chi connectivity index (χ0) is 29.4. The number of nitrogens with zero attached hydrogens (tertiary/aromatic N) is 4. The third-order valence-corrected chi connectivity index (χ3v) is 6.10. The Labute approximate surface area is 219 Å². The molecule has 214 valence electrons. The van der Waals surface area contributed by atoms with E-state index in [4.69, 9.17) is 19.8 Å². The lowest BCUT2D eigenvalue weighted by atomic mass is 9.85. The van der Waals surface area contributed by atoms with Crippen molar-refractivity contribution in [2.45, 2.75) is 57.0 Å². The monoisotopic (exact) mass is 564 g/mol. The van der Waals surface area contributed by atoms with Crippen molar-refractivity contribution in [3.8, 4) is 0 Å². The number of anilines is 1. The van der Waals surface area contributed by atoms with Gasteiger partial charge in [0.15, 0.2) is 0 Å². The highest BCUT2D eigenvalue weighted by Crippen LogP contribution is 2.40. The fraction of sp³-hybridized carbons (Fsp3) is 0.458. The quantitative estimate of drug-likeness (QED) is 0.532. The first-order valence-electron chi connectivity index (χ1n) is 11.5. The molecule has 2 aromatic rings. The minimum absolute atomic E-state index is 0.00616. The number of likely N-dealkylation sites (tertiary alicyclic amines) is 1. The summed E-state index contributed by atoms with van der Waals surface area (Å²) in [6.45, 7) is 4.52. The van der Waals surface area contributed by atoms with Crippen LogP contribution >= 0.6 is 0 Å². The van der Waals surface area contributed by atoms with E-state index >= 15 is 0 Å². The fourth-order valence-corrected chi connectivity index (χ4v) is 4.19. The number of piperidine rings is 1. The average Bonchev–Trinajstić information content (AvgIpc) is 3.14. The van der Waals surface area contributed by atoms with E-state index in [1.54, 1.807) is 0 Å².